The van der Waals surface area contributed by atoms with Crippen LogP contribution in [0, 0.1) is 5.41 Å². The third kappa shape index (κ3) is 5.45. The molecule has 0 saturated carbocycles. The van der Waals surface area contributed by atoms with Gasteiger partial charge in [-0.25, -0.2) is 4.79 Å². The van der Waals surface area contributed by atoms with Crippen LogP contribution in [-0.2, 0) is 4.74 Å². The largest absolute Gasteiger partial charge is 0.456 e. The SMILES string of the molecule is CC(C)(C)OC(=O)c1ccc(Nc2ccc(C(=O)C(C)(C)C)cc2)cc1. The van der Waals surface area contributed by atoms with Gasteiger partial charge in [0.1, 0.15) is 5.60 Å². The highest BCUT2D eigenvalue weighted by Crippen LogP contribution is 2.23. The van der Waals surface area contributed by atoms with E-state index in [1.807, 2.05) is 77.9 Å². The van der Waals surface area contributed by atoms with E-state index in [1.54, 1.807) is 12.1 Å². The fraction of sp³-hybridized carbons (Fsp3) is 0.364. The number of benzene rings is 2. The second-order valence-electron chi connectivity index (χ2n) is 8.36. The van der Waals surface area contributed by atoms with Crippen molar-refractivity contribution in [1.29, 1.82) is 0 Å². The van der Waals surface area contributed by atoms with Gasteiger partial charge in [0.2, 0.25) is 0 Å². The highest BCUT2D eigenvalue weighted by molar-refractivity contribution is 6.00. The first-order valence-electron chi connectivity index (χ1n) is 8.71. The molecule has 0 saturated heterocycles. The monoisotopic (exact) mass is 353 g/mol. The lowest BCUT2D eigenvalue weighted by molar-refractivity contribution is 0.00695. The Balaban J connectivity index is 2.05. The molecule has 0 spiro atoms. The summed E-state index contributed by atoms with van der Waals surface area (Å²) in [6.07, 6.45) is 0. The summed E-state index contributed by atoms with van der Waals surface area (Å²) in [5, 5.41) is 3.26. The lowest BCUT2D eigenvalue weighted by Crippen LogP contribution is -2.23. The molecular formula is C22H27NO3. The molecule has 1 N–H and O–H groups in total. The smallest absolute Gasteiger partial charge is 0.338 e. The number of carbonyl (C=O) groups excluding carboxylic acids is 2. The van der Waals surface area contributed by atoms with E-state index in [1.165, 1.54) is 0 Å². The molecule has 2 aromatic carbocycles. The van der Waals surface area contributed by atoms with Gasteiger partial charge in [-0.3, -0.25) is 4.79 Å². The van der Waals surface area contributed by atoms with Gasteiger partial charge in [-0.1, -0.05) is 20.8 Å². The number of hydrogen-bond acceptors (Lipinski definition) is 4. The predicted molar refractivity (Wildman–Crippen MR) is 105 cm³/mol. The first kappa shape index (κ1) is 19.7. The molecule has 0 fully saturated rings. The Labute approximate surface area is 155 Å². The number of rotatable bonds is 4. The topological polar surface area (TPSA) is 55.4 Å². The molecule has 4 heteroatoms. The van der Waals surface area contributed by atoms with E-state index in [2.05, 4.69) is 5.32 Å². The maximum absolute atomic E-state index is 12.3. The molecule has 0 atom stereocenters. The van der Waals surface area contributed by atoms with Crippen molar-refractivity contribution in [2.24, 2.45) is 5.41 Å². The van der Waals surface area contributed by atoms with Crippen molar-refractivity contribution in [3.05, 3.63) is 59.7 Å². The summed E-state index contributed by atoms with van der Waals surface area (Å²) in [6, 6.07) is 14.5. The second-order valence-corrected chi connectivity index (χ2v) is 8.36. The standard InChI is InChI=1S/C22H27NO3/c1-21(2,3)19(24)15-7-11-17(12-8-15)23-18-13-9-16(10-14-18)20(25)26-22(4,5)6/h7-14,23H,1-6H3. The average Bonchev–Trinajstić information content (AvgIpc) is 2.53. The van der Waals surface area contributed by atoms with Crippen LogP contribution >= 0.6 is 0 Å². The Morgan fingerprint density at radius 3 is 1.54 bits per heavy atom. The van der Waals surface area contributed by atoms with E-state index in [9.17, 15) is 9.59 Å². The van der Waals surface area contributed by atoms with Crippen molar-refractivity contribution < 1.29 is 14.3 Å². The van der Waals surface area contributed by atoms with E-state index in [4.69, 9.17) is 4.74 Å². The van der Waals surface area contributed by atoms with Crippen LogP contribution in [0.15, 0.2) is 48.5 Å². The van der Waals surface area contributed by atoms with Crippen molar-refractivity contribution in [1.82, 2.24) is 0 Å². The van der Waals surface area contributed by atoms with Crippen LogP contribution in [0.5, 0.6) is 0 Å². The number of ether oxygens (including phenoxy) is 1. The molecule has 0 aromatic heterocycles. The van der Waals surface area contributed by atoms with Gasteiger partial charge in [0, 0.05) is 22.4 Å². The van der Waals surface area contributed by atoms with E-state index in [0.29, 0.717) is 11.1 Å². The second kappa shape index (κ2) is 7.32. The number of carbonyl (C=O) groups is 2. The first-order valence-corrected chi connectivity index (χ1v) is 8.71. The summed E-state index contributed by atoms with van der Waals surface area (Å²) >= 11 is 0. The van der Waals surface area contributed by atoms with Crippen molar-refractivity contribution in [2.45, 2.75) is 47.1 Å². The van der Waals surface area contributed by atoms with E-state index in [-0.39, 0.29) is 11.8 Å². The Bertz CT molecular complexity index is 776. The van der Waals surface area contributed by atoms with Gasteiger partial charge in [-0.05, 0) is 69.3 Å². The van der Waals surface area contributed by atoms with Crippen LogP contribution in [-0.4, -0.2) is 17.4 Å². The predicted octanol–water partition coefficient (Wildman–Crippen LogP) is 5.61. The third-order valence-electron chi connectivity index (χ3n) is 3.64. The van der Waals surface area contributed by atoms with Crippen LogP contribution in [0.3, 0.4) is 0 Å². The summed E-state index contributed by atoms with van der Waals surface area (Å²) in [4.78, 5) is 24.3. The Hall–Kier alpha value is -2.62. The summed E-state index contributed by atoms with van der Waals surface area (Å²) in [6.45, 7) is 11.3. The summed E-state index contributed by atoms with van der Waals surface area (Å²) in [7, 11) is 0. The van der Waals surface area contributed by atoms with E-state index in [0.717, 1.165) is 11.4 Å². The van der Waals surface area contributed by atoms with Crippen molar-refractivity contribution in [2.75, 3.05) is 5.32 Å². The maximum Gasteiger partial charge on any atom is 0.338 e. The molecule has 0 unspecified atom stereocenters. The minimum Gasteiger partial charge on any atom is -0.456 e. The minimum atomic E-state index is -0.514. The van der Waals surface area contributed by atoms with Crippen LogP contribution in [0.1, 0.15) is 62.3 Å². The van der Waals surface area contributed by atoms with Crippen molar-refractivity contribution in [3.63, 3.8) is 0 Å². The van der Waals surface area contributed by atoms with E-state index < -0.39 is 11.0 Å². The molecule has 0 aliphatic rings. The van der Waals surface area contributed by atoms with Crippen LogP contribution in [0.25, 0.3) is 0 Å². The van der Waals surface area contributed by atoms with Crippen molar-refractivity contribution in [3.8, 4) is 0 Å². The van der Waals surface area contributed by atoms with Gasteiger partial charge in [0.15, 0.2) is 5.78 Å². The van der Waals surface area contributed by atoms with Gasteiger partial charge >= 0.3 is 5.97 Å². The third-order valence-corrected chi connectivity index (χ3v) is 3.64. The lowest BCUT2D eigenvalue weighted by Gasteiger charge is -2.19. The zero-order valence-corrected chi connectivity index (χ0v) is 16.3. The Kier molecular flexibility index (Phi) is 5.55. The summed E-state index contributed by atoms with van der Waals surface area (Å²) in [5.41, 5.74) is 2.03. The molecule has 0 aliphatic heterocycles. The molecule has 0 radical (unpaired) electrons. The fourth-order valence-corrected chi connectivity index (χ4v) is 2.33. The number of esters is 1. The van der Waals surface area contributed by atoms with Crippen LogP contribution in [0.2, 0.25) is 0 Å². The minimum absolute atomic E-state index is 0.116. The molecule has 0 heterocycles. The van der Waals surface area contributed by atoms with Gasteiger partial charge in [0.05, 0.1) is 5.56 Å². The van der Waals surface area contributed by atoms with Crippen molar-refractivity contribution >= 4 is 23.1 Å². The lowest BCUT2D eigenvalue weighted by atomic mass is 9.86. The Morgan fingerprint density at radius 2 is 1.15 bits per heavy atom. The molecule has 138 valence electrons. The van der Waals surface area contributed by atoms with Gasteiger partial charge in [0.25, 0.3) is 0 Å². The van der Waals surface area contributed by atoms with Crippen LogP contribution in [0.4, 0.5) is 11.4 Å². The number of ketones is 1. The summed E-state index contributed by atoms with van der Waals surface area (Å²) in [5.74, 6) is -0.222. The average molecular weight is 353 g/mol. The molecule has 26 heavy (non-hydrogen) atoms. The zero-order chi connectivity index (χ0) is 19.5. The fourth-order valence-electron chi connectivity index (χ4n) is 2.33. The molecule has 0 amide bonds. The maximum atomic E-state index is 12.3. The molecule has 2 aromatic rings. The number of Topliss-reactive ketones (excluding diaryl/α,β-unsaturated/α-hetero) is 1. The highest BCUT2D eigenvalue weighted by Gasteiger charge is 2.22. The quantitative estimate of drug-likeness (QED) is 0.573. The molecule has 2 rings (SSSR count). The molecule has 0 bridgehead atoms. The van der Waals surface area contributed by atoms with Crippen LogP contribution < -0.4 is 5.32 Å². The van der Waals surface area contributed by atoms with Gasteiger partial charge in [-0.15, -0.1) is 0 Å². The Morgan fingerprint density at radius 1 is 0.731 bits per heavy atom. The zero-order valence-electron chi connectivity index (χ0n) is 16.3. The van der Waals surface area contributed by atoms with E-state index >= 15 is 0 Å². The number of anilines is 2. The highest BCUT2D eigenvalue weighted by atomic mass is 16.6. The first-order chi connectivity index (χ1) is 12.0. The number of hydrogen-bond donors (Lipinski definition) is 1. The van der Waals surface area contributed by atoms with Gasteiger partial charge in [-0.2, -0.15) is 0 Å². The number of nitrogens with one attached hydrogen (secondary N) is 1. The molecule has 4 nitrogen and oxygen atoms in total. The summed E-state index contributed by atoms with van der Waals surface area (Å²) < 4.78 is 5.35. The molecular weight excluding hydrogens is 326 g/mol. The van der Waals surface area contributed by atoms with Gasteiger partial charge < -0.3 is 10.1 Å². The normalized spacial score (nSPS) is 11.8. The molecule has 0 aliphatic carbocycles.